The van der Waals surface area contributed by atoms with Crippen LogP contribution in [0.15, 0.2) is 11.4 Å². The number of fused-ring (bicyclic) bond motifs is 1. The van der Waals surface area contributed by atoms with Crippen molar-refractivity contribution in [1.29, 1.82) is 0 Å². The molecule has 0 bridgehead atoms. The summed E-state index contributed by atoms with van der Waals surface area (Å²) in [4.78, 5) is 9.81. The van der Waals surface area contributed by atoms with Crippen molar-refractivity contribution in [2.45, 2.75) is 18.9 Å². The van der Waals surface area contributed by atoms with Crippen molar-refractivity contribution in [2.75, 3.05) is 7.11 Å². The van der Waals surface area contributed by atoms with Gasteiger partial charge in [0.2, 0.25) is 0 Å². The molecule has 0 aliphatic heterocycles. The fourth-order valence-electron chi connectivity index (χ4n) is 1.87. The van der Waals surface area contributed by atoms with Crippen LogP contribution in [0.3, 0.4) is 0 Å². The maximum Gasteiger partial charge on any atom is 0.160 e. The van der Waals surface area contributed by atoms with Crippen molar-refractivity contribution in [3.63, 3.8) is 0 Å². The lowest BCUT2D eigenvalue weighted by molar-refractivity contribution is 0.0775. The molecule has 3 rings (SSSR count). The number of ether oxygens (including phenoxy) is 1. The summed E-state index contributed by atoms with van der Waals surface area (Å²) in [6.45, 7) is 0. The van der Waals surface area contributed by atoms with Gasteiger partial charge in [-0.05, 0) is 30.2 Å². The van der Waals surface area contributed by atoms with E-state index in [4.69, 9.17) is 16.3 Å². The largest absolute Gasteiger partial charge is 0.373 e. The fraction of sp³-hybridized carbons (Fsp3) is 0.455. The zero-order chi connectivity index (χ0) is 11.1. The maximum absolute atomic E-state index is 6.13. The van der Waals surface area contributed by atoms with Gasteiger partial charge in [-0.1, -0.05) is 11.6 Å². The summed E-state index contributed by atoms with van der Waals surface area (Å²) in [5, 5.41) is 3.44. The molecule has 1 saturated carbocycles. The Kier molecular flexibility index (Phi) is 2.58. The molecule has 1 fully saturated rings. The molecular weight excluding hydrogens is 244 g/mol. The van der Waals surface area contributed by atoms with E-state index >= 15 is 0 Å². The van der Waals surface area contributed by atoms with Gasteiger partial charge in [-0.3, -0.25) is 0 Å². The second-order valence-corrected chi connectivity index (χ2v) is 5.26. The van der Waals surface area contributed by atoms with Crippen molar-refractivity contribution in [3.8, 4) is 0 Å². The second-order valence-electron chi connectivity index (χ2n) is 4.01. The summed E-state index contributed by atoms with van der Waals surface area (Å²) in [5.41, 5.74) is 0. The predicted molar refractivity (Wildman–Crippen MR) is 64.9 cm³/mol. The minimum absolute atomic E-state index is 0.00370. The number of aromatic nitrogens is 2. The molecular formula is C11H11ClN2OS. The highest BCUT2D eigenvalue weighted by Gasteiger charge is 2.34. The molecule has 2 aromatic rings. The first kappa shape index (κ1) is 10.4. The van der Waals surface area contributed by atoms with Gasteiger partial charge in [-0.2, -0.15) is 0 Å². The van der Waals surface area contributed by atoms with E-state index in [9.17, 15) is 0 Å². The maximum atomic E-state index is 6.13. The van der Waals surface area contributed by atoms with E-state index in [2.05, 4.69) is 9.97 Å². The lowest BCUT2D eigenvalue weighted by Gasteiger charge is -2.12. The molecule has 3 nitrogen and oxygen atoms in total. The smallest absolute Gasteiger partial charge is 0.160 e. The molecule has 2 heterocycles. The molecule has 16 heavy (non-hydrogen) atoms. The molecule has 1 aliphatic rings. The number of rotatable bonds is 3. The van der Waals surface area contributed by atoms with Crippen LogP contribution < -0.4 is 0 Å². The average Bonchev–Trinajstić information content (AvgIpc) is 2.96. The van der Waals surface area contributed by atoms with E-state index in [1.165, 1.54) is 12.8 Å². The first-order chi connectivity index (χ1) is 7.79. The Morgan fingerprint density at radius 1 is 1.50 bits per heavy atom. The van der Waals surface area contributed by atoms with Crippen LogP contribution in [-0.2, 0) is 4.74 Å². The molecule has 0 N–H and O–H groups in total. The number of halogens is 1. The summed E-state index contributed by atoms with van der Waals surface area (Å²) in [5.74, 6) is 1.29. The lowest BCUT2D eigenvalue weighted by atomic mass is 10.2. The van der Waals surface area contributed by atoms with Crippen LogP contribution in [0.4, 0.5) is 0 Å². The van der Waals surface area contributed by atoms with Crippen molar-refractivity contribution < 1.29 is 4.74 Å². The SMILES string of the molecule is COC(c1nc(Cl)c2ccsc2n1)C1CC1. The summed E-state index contributed by atoms with van der Waals surface area (Å²) in [7, 11) is 1.71. The highest BCUT2D eigenvalue weighted by Crippen LogP contribution is 2.42. The van der Waals surface area contributed by atoms with Crippen molar-refractivity contribution in [1.82, 2.24) is 9.97 Å². The van der Waals surface area contributed by atoms with Crippen LogP contribution in [0.2, 0.25) is 5.15 Å². The second kappa shape index (κ2) is 3.95. The van der Waals surface area contributed by atoms with Gasteiger partial charge in [0, 0.05) is 12.5 Å². The Balaban J connectivity index is 2.08. The summed E-state index contributed by atoms with van der Waals surface area (Å²) >= 11 is 7.71. The van der Waals surface area contributed by atoms with Gasteiger partial charge in [0.1, 0.15) is 16.1 Å². The Labute approximate surface area is 102 Å². The third-order valence-corrected chi connectivity index (χ3v) is 3.95. The Morgan fingerprint density at radius 2 is 2.31 bits per heavy atom. The highest BCUT2D eigenvalue weighted by molar-refractivity contribution is 7.16. The van der Waals surface area contributed by atoms with E-state index in [-0.39, 0.29) is 6.10 Å². The minimum atomic E-state index is 0.00370. The van der Waals surface area contributed by atoms with Crippen molar-refractivity contribution in [3.05, 3.63) is 22.4 Å². The number of nitrogens with zero attached hydrogens (tertiary/aromatic N) is 2. The van der Waals surface area contributed by atoms with Crippen molar-refractivity contribution in [2.24, 2.45) is 5.92 Å². The number of hydrogen-bond donors (Lipinski definition) is 0. The topological polar surface area (TPSA) is 35.0 Å². The van der Waals surface area contributed by atoms with Gasteiger partial charge in [0.05, 0.1) is 0 Å². The van der Waals surface area contributed by atoms with Crippen LogP contribution in [0, 0.1) is 5.92 Å². The van der Waals surface area contributed by atoms with E-state index in [1.54, 1.807) is 18.4 Å². The molecule has 1 atom stereocenters. The molecule has 1 unspecified atom stereocenters. The predicted octanol–water partition coefficient (Wildman–Crippen LogP) is 3.44. The van der Waals surface area contributed by atoms with Crippen LogP contribution in [0.25, 0.3) is 10.2 Å². The monoisotopic (exact) mass is 254 g/mol. The Bertz CT molecular complexity index is 524. The summed E-state index contributed by atoms with van der Waals surface area (Å²) in [6.07, 6.45) is 2.40. The van der Waals surface area contributed by atoms with Gasteiger partial charge in [-0.15, -0.1) is 11.3 Å². The van der Waals surface area contributed by atoms with E-state index in [0.717, 1.165) is 16.0 Å². The average molecular weight is 255 g/mol. The molecule has 84 valence electrons. The van der Waals surface area contributed by atoms with E-state index in [1.807, 2.05) is 11.4 Å². The molecule has 0 spiro atoms. The Hall–Kier alpha value is -0.710. The van der Waals surface area contributed by atoms with Crippen LogP contribution >= 0.6 is 22.9 Å². The quantitative estimate of drug-likeness (QED) is 0.787. The van der Waals surface area contributed by atoms with Gasteiger partial charge in [0.15, 0.2) is 5.82 Å². The molecule has 0 saturated heterocycles. The van der Waals surface area contributed by atoms with Crippen LogP contribution in [0.5, 0.6) is 0 Å². The first-order valence-corrected chi connectivity index (χ1v) is 6.49. The molecule has 0 radical (unpaired) electrons. The van der Waals surface area contributed by atoms with Gasteiger partial charge < -0.3 is 4.74 Å². The molecule has 5 heteroatoms. The standard InChI is InChI=1S/C11H11ClN2OS/c1-15-8(6-2-3-6)10-13-9(12)7-4-5-16-11(7)14-10/h4-6,8H,2-3H2,1H3. The Morgan fingerprint density at radius 3 is 3.00 bits per heavy atom. The van der Waals surface area contributed by atoms with Crippen LogP contribution in [0.1, 0.15) is 24.8 Å². The lowest BCUT2D eigenvalue weighted by Crippen LogP contribution is -2.08. The summed E-state index contributed by atoms with van der Waals surface area (Å²) < 4.78 is 5.46. The number of hydrogen-bond acceptors (Lipinski definition) is 4. The number of methoxy groups -OCH3 is 1. The molecule has 0 amide bonds. The number of thiophene rings is 1. The third kappa shape index (κ3) is 1.71. The van der Waals surface area contributed by atoms with Gasteiger partial charge >= 0.3 is 0 Å². The van der Waals surface area contributed by atoms with E-state index < -0.39 is 0 Å². The molecule has 0 aromatic carbocycles. The van der Waals surface area contributed by atoms with Crippen molar-refractivity contribution >= 4 is 33.2 Å². The zero-order valence-electron chi connectivity index (χ0n) is 8.81. The highest BCUT2D eigenvalue weighted by atomic mass is 35.5. The van der Waals surface area contributed by atoms with Gasteiger partial charge in [-0.25, -0.2) is 9.97 Å². The zero-order valence-corrected chi connectivity index (χ0v) is 10.4. The van der Waals surface area contributed by atoms with Crippen LogP contribution in [-0.4, -0.2) is 17.1 Å². The normalized spacial score (nSPS) is 17.9. The fourth-order valence-corrected chi connectivity index (χ4v) is 2.94. The molecule has 2 aromatic heterocycles. The first-order valence-electron chi connectivity index (χ1n) is 5.23. The summed E-state index contributed by atoms with van der Waals surface area (Å²) in [6, 6.07) is 1.95. The van der Waals surface area contributed by atoms with E-state index in [0.29, 0.717) is 11.1 Å². The third-order valence-electron chi connectivity index (χ3n) is 2.85. The minimum Gasteiger partial charge on any atom is -0.373 e. The van der Waals surface area contributed by atoms with Gasteiger partial charge in [0.25, 0.3) is 0 Å². The molecule has 1 aliphatic carbocycles.